The molecular formula is C47H31NO2. The number of hydrogen-bond donors (Lipinski definition) is 0. The Morgan fingerprint density at radius 1 is 0.420 bits per heavy atom. The summed E-state index contributed by atoms with van der Waals surface area (Å²) in [6.45, 7) is 4.68. The summed E-state index contributed by atoms with van der Waals surface area (Å²) in [4.78, 5) is 2.37. The lowest BCUT2D eigenvalue weighted by atomic mass is 9.82. The maximum absolute atomic E-state index is 6.87. The van der Waals surface area contributed by atoms with E-state index >= 15 is 0 Å². The van der Waals surface area contributed by atoms with Crippen LogP contribution in [0.25, 0.3) is 76.5 Å². The highest BCUT2D eigenvalue weighted by molar-refractivity contribution is 6.33. The number of anilines is 3. The van der Waals surface area contributed by atoms with Crippen molar-refractivity contribution in [3.8, 4) is 11.1 Å². The van der Waals surface area contributed by atoms with Crippen LogP contribution >= 0.6 is 0 Å². The van der Waals surface area contributed by atoms with Crippen LogP contribution in [0.2, 0.25) is 0 Å². The molecule has 0 bridgehead atoms. The van der Waals surface area contributed by atoms with Crippen molar-refractivity contribution in [3.63, 3.8) is 0 Å². The van der Waals surface area contributed by atoms with Crippen LogP contribution in [-0.2, 0) is 5.41 Å². The normalized spacial score (nSPS) is 13.6. The summed E-state index contributed by atoms with van der Waals surface area (Å²) in [6, 6.07) is 54.5. The second-order valence-electron chi connectivity index (χ2n) is 14.1. The third kappa shape index (κ3) is 3.69. The number of benzene rings is 8. The minimum Gasteiger partial charge on any atom is -0.455 e. The van der Waals surface area contributed by atoms with E-state index in [1.165, 1.54) is 33.0 Å². The van der Waals surface area contributed by atoms with Gasteiger partial charge in [-0.3, -0.25) is 0 Å². The van der Waals surface area contributed by atoms with Crippen molar-refractivity contribution in [3.05, 3.63) is 163 Å². The van der Waals surface area contributed by atoms with Gasteiger partial charge in [0, 0.05) is 50.1 Å². The molecule has 8 aromatic carbocycles. The quantitative estimate of drug-likeness (QED) is 0.192. The predicted octanol–water partition coefficient (Wildman–Crippen LogP) is 13.6. The highest BCUT2D eigenvalue weighted by atomic mass is 16.3. The number of fused-ring (bicyclic) bond motifs is 14. The van der Waals surface area contributed by atoms with Gasteiger partial charge in [-0.25, -0.2) is 0 Å². The summed E-state index contributed by atoms with van der Waals surface area (Å²) < 4.78 is 13.5. The fourth-order valence-electron chi connectivity index (χ4n) is 8.62. The Bertz CT molecular complexity index is 3030. The van der Waals surface area contributed by atoms with E-state index in [0.717, 1.165) is 71.7 Å². The molecule has 0 fully saturated rings. The van der Waals surface area contributed by atoms with Gasteiger partial charge in [-0.1, -0.05) is 117 Å². The van der Waals surface area contributed by atoms with Crippen LogP contribution in [0.1, 0.15) is 25.0 Å². The first-order chi connectivity index (χ1) is 24.5. The number of furan rings is 2. The molecule has 0 saturated carbocycles. The minimum atomic E-state index is -0.112. The van der Waals surface area contributed by atoms with E-state index in [1.807, 2.05) is 12.1 Å². The van der Waals surface area contributed by atoms with Gasteiger partial charge in [-0.05, 0) is 80.9 Å². The van der Waals surface area contributed by atoms with E-state index in [9.17, 15) is 0 Å². The summed E-state index contributed by atoms with van der Waals surface area (Å²) in [5.41, 5.74) is 11.9. The van der Waals surface area contributed by atoms with E-state index < -0.39 is 0 Å². The molecule has 1 aliphatic carbocycles. The first-order valence-electron chi connectivity index (χ1n) is 17.3. The summed E-state index contributed by atoms with van der Waals surface area (Å²) in [5, 5.41) is 8.97. The van der Waals surface area contributed by atoms with Crippen molar-refractivity contribution in [2.75, 3.05) is 4.90 Å². The highest BCUT2D eigenvalue weighted by Crippen LogP contribution is 2.51. The van der Waals surface area contributed by atoms with Gasteiger partial charge in [-0.15, -0.1) is 0 Å². The molecule has 0 radical (unpaired) electrons. The second-order valence-corrected chi connectivity index (χ2v) is 14.1. The molecule has 0 amide bonds. The predicted molar refractivity (Wildman–Crippen MR) is 208 cm³/mol. The van der Waals surface area contributed by atoms with Crippen molar-refractivity contribution in [2.24, 2.45) is 0 Å². The molecule has 3 nitrogen and oxygen atoms in total. The van der Waals surface area contributed by atoms with Gasteiger partial charge < -0.3 is 13.7 Å². The first-order valence-corrected chi connectivity index (χ1v) is 17.3. The second kappa shape index (κ2) is 9.87. The van der Waals surface area contributed by atoms with Crippen LogP contribution < -0.4 is 4.90 Å². The van der Waals surface area contributed by atoms with Gasteiger partial charge in [0.1, 0.15) is 22.3 Å². The van der Waals surface area contributed by atoms with E-state index in [0.29, 0.717) is 0 Å². The first kappa shape index (κ1) is 27.6. The van der Waals surface area contributed by atoms with Gasteiger partial charge in [0.2, 0.25) is 0 Å². The van der Waals surface area contributed by atoms with Gasteiger partial charge in [0.05, 0.1) is 5.39 Å². The molecule has 0 atom stereocenters. The highest BCUT2D eigenvalue weighted by Gasteiger charge is 2.35. The van der Waals surface area contributed by atoms with Crippen LogP contribution in [0.5, 0.6) is 0 Å². The average Bonchev–Trinajstić information content (AvgIpc) is 3.80. The molecule has 2 heterocycles. The monoisotopic (exact) mass is 641 g/mol. The lowest BCUT2D eigenvalue weighted by molar-refractivity contribution is 0.660. The topological polar surface area (TPSA) is 29.5 Å². The molecule has 10 aromatic rings. The van der Waals surface area contributed by atoms with Crippen LogP contribution in [0.3, 0.4) is 0 Å². The third-order valence-electron chi connectivity index (χ3n) is 11.0. The SMILES string of the molecule is CC1(C)c2ccccc2-c2ccc(N(c3ccc4ccccc4c3)c3ccc4c(c3)oc3c5ccccc5c5c6ccccc6oc5c43)cc21. The summed E-state index contributed by atoms with van der Waals surface area (Å²) in [7, 11) is 0. The van der Waals surface area contributed by atoms with E-state index in [-0.39, 0.29) is 5.41 Å². The average molecular weight is 642 g/mol. The fourth-order valence-corrected chi connectivity index (χ4v) is 8.62. The minimum absolute atomic E-state index is 0.112. The van der Waals surface area contributed by atoms with E-state index in [4.69, 9.17) is 8.83 Å². The zero-order chi connectivity index (χ0) is 33.1. The zero-order valence-electron chi connectivity index (χ0n) is 27.7. The molecule has 0 spiro atoms. The fraction of sp³-hybridized carbons (Fsp3) is 0.0638. The lowest BCUT2D eigenvalue weighted by Gasteiger charge is -2.28. The lowest BCUT2D eigenvalue weighted by Crippen LogP contribution is -2.16. The molecule has 11 rings (SSSR count). The van der Waals surface area contributed by atoms with Crippen LogP contribution in [0, 0.1) is 0 Å². The maximum Gasteiger partial charge on any atom is 0.147 e. The van der Waals surface area contributed by atoms with E-state index in [1.54, 1.807) is 0 Å². The summed E-state index contributed by atoms with van der Waals surface area (Å²) in [5.74, 6) is 0. The number of rotatable bonds is 3. The molecule has 50 heavy (non-hydrogen) atoms. The molecule has 1 aliphatic rings. The van der Waals surface area contributed by atoms with E-state index in [2.05, 4.69) is 158 Å². The molecule has 0 aliphatic heterocycles. The van der Waals surface area contributed by atoms with Crippen molar-refractivity contribution in [1.82, 2.24) is 0 Å². The van der Waals surface area contributed by atoms with Gasteiger partial charge in [-0.2, -0.15) is 0 Å². The Kier molecular flexibility index (Phi) is 5.45. The van der Waals surface area contributed by atoms with Gasteiger partial charge in [0.15, 0.2) is 0 Å². The summed E-state index contributed by atoms with van der Waals surface area (Å²) in [6.07, 6.45) is 0. The molecule has 236 valence electrons. The van der Waals surface area contributed by atoms with Crippen molar-refractivity contribution >= 4 is 82.5 Å². The van der Waals surface area contributed by atoms with Gasteiger partial charge >= 0.3 is 0 Å². The standard InChI is InChI=1S/C47H31NO2/c1-47(2)39-17-9-7-13-33(39)34-23-21-31(26-40(34)47)48(30-20-19-28-11-3-4-12-29(28)25-30)32-22-24-38-42(27-32)50-45-36-15-6-5-14-35(36)43-37-16-8-10-18-41(37)49-46(43)44(38)45/h3-27H,1-2H3. The van der Waals surface area contributed by atoms with Crippen LogP contribution in [-0.4, -0.2) is 0 Å². The Morgan fingerprint density at radius 3 is 1.94 bits per heavy atom. The number of hydrogen-bond acceptors (Lipinski definition) is 3. The molecule has 0 saturated heterocycles. The maximum atomic E-state index is 6.87. The Balaban J connectivity index is 1.17. The van der Waals surface area contributed by atoms with Crippen molar-refractivity contribution in [1.29, 1.82) is 0 Å². The Labute approximate surface area is 288 Å². The largest absolute Gasteiger partial charge is 0.455 e. The summed E-state index contributed by atoms with van der Waals surface area (Å²) >= 11 is 0. The Morgan fingerprint density at radius 2 is 1.04 bits per heavy atom. The zero-order valence-corrected chi connectivity index (χ0v) is 27.7. The molecule has 0 unspecified atom stereocenters. The van der Waals surface area contributed by atoms with Crippen molar-refractivity contribution < 1.29 is 8.83 Å². The van der Waals surface area contributed by atoms with Crippen molar-refractivity contribution in [2.45, 2.75) is 19.3 Å². The third-order valence-corrected chi connectivity index (χ3v) is 11.0. The number of para-hydroxylation sites is 1. The van der Waals surface area contributed by atoms with Crippen LogP contribution in [0.4, 0.5) is 17.1 Å². The van der Waals surface area contributed by atoms with Crippen LogP contribution in [0.15, 0.2) is 160 Å². The Hall–Kier alpha value is -6.32. The smallest absolute Gasteiger partial charge is 0.147 e. The number of nitrogens with zero attached hydrogens (tertiary/aromatic N) is 1. The molecule has 0 N–H and O–H groups in total. The molecule has 2 aromatic heterocycles. The molecular weight excluding hydrogens is 611 g/mol. The molecule has 3 heteroatoms. The van der Waals surface area contributed by atoms with Gasteiger partial charge in [0.25, 0.3) is 0 Å².